The van der Waals surface area contributed by atoms with E-state index < -0.39 is 5.25 Å². The Hall–Kier alpha value is -2.21. The number of anilines is 1. The lowest BCUT2D eigenvalue weighted by Crippen LogP contribution is -2.23. The third-order valence-corrected chi connectivity index (χ3v) is 4.47. The topological polar surface area (TPSA) is 47.6 Å². The molecule has 1 heterocycles. The van der Waals surface area contributed by atoms with E-state index in [9.17, 15) is 9.18 Å². The van der Waals surface area contributed by atoms with Crippen molar-refractivity contribution in [1.29, 1.82) is 0 Å². The Morgan fingerprint density at radius 3 is 2.70 bits per heavy atom. The fourth-order valence-electron chi connectivity index (χ4n) is 2.15. The Morgan fingerprint density at radius 2 is 1.91 bits per heavy atom. The quantitative estimate of drug-likeness (QED) is 0.867. The highest BCUT2D eigenvalue weighted by molar-refractivity contribution is 8.00. The lowest BCUT2D eigenvalue weighted by atomic mass is 10.2. The van der Waals surface area contributed by atoms with E-state index >= 15 is 0 Å². The number of nitrogens with one attached hydrogen (secondary N) is 1. The molecule has 1 aliphatic heterocycles. The summed E-state index contributed by atoms with van der Waals surface area (Å²) in [6.07, 6.45) is 0. The van der Waals surface area contributed by atoms with Gasteiger partial charge in [-0.25, -0.2) is 4.39 Å². The second-order valence-corrected chi connectivity index (χ2v) is 6.42. The van der Waals surface area contributed by atoms with Gasteiger partial charge in [0.05, 0.1) is 5.25 Å². The molecular weight excluding hydrogens is 317 g/mol. The number of hydrogen-bond donors (Lipinski definition) is 1. The lowest BCUT2D eigenvalue weighted by Gasteiger charge is -2.19. The van der Waals surface area contributed by atoms with Gasteiger partial charge in [0.2, 0.25) is 5.91 Å². The lowest BCUT2D eigenvalue weighted by molar-refractivity contribution is -0.115. The first-order valence-corrected chi connectivity index (χ1v) is 8.13. The number of carbonyl (C=O) groups excluding carboxylic acids is 1. The molecular formula is C17H16FNO3S. The Labute approximate surface area is 138 Å². The minimum absolute atomic E-state index is 0.199. The number of benzene rings is 2. The maximum absolute atomic E-state index is 13.6. The summed E-state index contributed by atoms with van der Waals surface area (Å²) >= 11 is 1.18. The molecule has 0 saturated carbocycles. The van der Waals surface area contributed by atoms with E-state index in [1.54, 1.807) is 43.3 Å². The van der Waals surface area contributed by atoms with Crippen molar-refractivity contribution in [2.45, 2.75) is 17.1 Å². The first-order chi connectivity index (χ1) is 11.1. The SMILES string of the molecule is C[C@@H](Sc1ccccc1F)C(=O)Nc1ccc2c(c1)OCCO2. The molecule has 2 aromatic carbocycles. The summed E-state index contributed by atoms with van der Waals surface area (Å²) in [6.45, 7) is 2.75. The van der Waals surface area contributed by atoms with E-state index in [2.05, 4.69) is 5.32 Å². The van der Waals surface area contributed by atoms with E-state index in [1.165, 1.54) is 17.8 Å². The molecule has 1 amide bonds. The van der Waals surface area contributed by atoms with Crippen molar-refractivity contribution >= 4 is 23.4 Å². The van der Waals surface area contributed by atoms with Crippen molar-refractivity contribution in [1.82, 2.24) is 0 Å². The number of rotatable bonds is 4. The largest absolute Gasteiger partial charge is 0.486 e. The van der Waals surface area contributed by atoms with Crippen LogP contribution in [0.25, 0.3) is 0 Å². The minimum Gasteiger partial charge on any atom is -0.486 e. The zero-order chi connectivity index (χ0) is 16.2. The molecule has 2 aromatic rings. The van der Waals surface area contributed by atoms with E-state index in [4.69, 9.17) is 9.47 Å². The van der Waals surface area contributed by atoms with Crippen LogP contribution in [0.1, 0.15) is 6.92 Å². The number of hydrogen-bond acceptors (Lipinski definition) is 4. The fourth-order valence-corrected chi connectivity index (χ4v) is 3.03. The molecule has 0 saturated heterocycles. The first kappa shape index (κ1) is 15.7. The van der Waals surface area contributed by atoms with Gasteiger partial charge in [-0.2, -0.15) is 0 Å². The molecule has 3 rings (SSSR count). The van der Waals surface area contributed by atoms with Crippen LogP contribution >= 0.6 is 11.8 Å². The Bertz CT molecular complexity index is 723. The van der Waals surface area contributed by atoms with Crippen molar-refractivity contribution in [3.8, 4) is 11.5 Å². The van der Waals surface area contributed by atoms with Gasteiger partial charge in [-0.1, -0.05) is 12.1 Å². The van der Waals surface area contributed by atoms with Gasteiger partial charge in [-0.3, -0.25) is 4.79 Å². The number of fused-ring (bicyclic) bond motifs is 1. The molecule has 0 bridgehead atoms. The molecule has 0 spiro atoms. The van der Waals surface area contributed by atoms with Crippen molar-refractivity contribution in [3.63, 3.8) is 0 Å². The van der Waals surface area contributed by atoms with Crippen LogP contribution in [0.3, 0.4) is 0 Å². The molecule has 0 fully saturated rings. The number of amides is 1. The van der Waals surface area contributed by atoms with Gasteiger partial charge in [-0.15, -0.1) is 11.8 Å². The molecule has 0 radical (unpaired) electrons. The van der Waals surface area contributed by atoms with Gasteiger partial charge in [0.25, 0.3) is 0 Å². The summed E-state index contributed by atoms with van der Waals surface area (Å²) in [7, 11) is 0. The molecule has 1 N–H and O–H groups in total. The molecule has 120 valence electrons. The van der Waals surface area contributed by atoms with E-state index in [1.807, 2.05) is 0 Å². The normalized spacial score (nSPS) is 14.2. The molecule has 0 aliphatic carbocycles. The minimum atomic E-state index is -0.430. The van der Waals surface area contributed by atoms with Crippen molar-refractivity contribution < 1.29 is 18.7 Å². The zero-order valence-electron chi connectivity index (χ0n) is 12.5. The predicted octanol–water partition coefficient (Wildman–Crippen LogP) is 3.72. The van der Waals surface area contributed by atoms with Crippen molar-refractivity contribution in [2.75, 3.05) is 18.5 Å². The van der Waals surface area contributed by atoms with Gasteiger partial charge >= 0.3 is 0 Å². The van der Waals surface area contributed by atoms with E-state index in [-0.39, 0.29) is 11.7 Å². The summed E-state index contributed by atoms with van der Waals surface area (Å²) < 4.78 is 24.6. The van der Waals surface area contributed by atoms with Crippen molar-refractivity contribution in [3.05, 3.63) is 48.3 Å². The number of carbonyl (C=O) groups is 1. The zero-order valence-corrected chi connectivity index (χ0v) is 13.4. The van der Waals surface area contributed by atoms with Gasteiger partial charge < -0.3 is 14.8 Å². The monoisotopic (exact) mass is 333 g/mol. The number of thioether (sulfide) groups is 1. The van der Waals surface area contributed by atoms with Gasteiger partial charge in [0.15, 0.2) is 11.5 Å². The highest BCUT2D eigenvalue weighted by Gasteiger charge is 2.18. The molecule has 6 heteroatoms. The average molecular weight is 333 g/mol. The standard InChI is InChI=1S/C17H16FNO3S/c1-11(23-16-5-3-2-4-13(16)18)17(20)19-12-6-7-14-15(10-12)22-9-8-21-14/h2-7,10-11H,8-9H2,1H3,(H,19,20)/t11-/m1/s1. The Balaban J connectivity index is 1.65. The summed E-state index contributed by atoms with van der Waals surface area (Å²) in [5, 5.41) is 2.38. The second-order valence-electron chi connectivity index (χ2n) is 5.04. The average Bonchev–Trinajstić information content (AvgIpc) is 2.56. The van der Waals surface area contributed by atoms with Crippen LogP contribution in [-0.4, -0.2) is 24.4 Å². The first-order valence-electron chi connectivity index (χ1n) is 7.25. The highest BCUT2D eigenvalue weighted by Crippen LogP contribution is 2.33. The second kappa shape index (κ2) is 6.91. The van der Waals surface area contributed by atoms with Crippen LogP contribution in [0.2, 0.25) is 0 Å². The van der Waals surface area contributed by atoms with Crippen LogP contribution < -0.4 is 14.8 Å². The van der Waals surface area contributed by atoms with Crippen LogP contribution in [0.15, 0.2) is 47.4 Å². The highest BCUT2D eigenvalue weighted by atomic mass is 32.2. The van der Waals surface area contributed by atoms with Gasteiger partial charge in [0.1, 0.15) is 19.0 Å². The maximum Gasteiger partial charge on any atom is 0.237 e. The molecule has 1 aliphatic rings. The van der Waals surface area contributed by atoms with E-state index in [0.717, 1.165) is 0 Å². The van der Waals surface area contributed by atoms with Crippen LogP contribution in [-0.2, 0) is 4.79 Å². The van der Waals surface area contributed by atoms with Crippen LogP contribution in [0.4, 0.5) is 10.1 Å². The predicted molar refractivity (Wildman–Crippen MR) is 87.8 cm³/mol. The summed E-state index contributed by atoms with van der Waals surface area (Å²) in [5.41, 5.74) is 0.625. The molecule has 0 unspecified atom stereocenters. The molecule has 23 heavy (non-hydrogen) atoms. The number of halogens is 1. The van der Waals surface area contributed by atoms with Crippen LogP contribution in [0, 0.1) is 5.82 Å². The Morgan fingerprint density at radius 1 is 1.17 bits per heavy atom. The smallest absolute Gasteiger partial charge is 0.237 e. The van der Waals surface area contributed by atoms with Gasteiger partial charge in [-0.05, 0) is 31.2 Å². The maximum atomic E-state index is 13.6. The van der Waals surface area contributed by atoms with Crippen molar-refractivity contribution in [2.24, 2.45) is 0 Å². The Kier molecular flexibility index (Phi) is 4.71. The summed E-state index contributed by atoms with van der Waals surface area (Å²) in [6, 6.07) is 11.7. The summed E-state index contributed by atoms with van der Waals surface area (Å²) in [4.78, 5) is 12.7. The molecule has 0 aromatic heterocycles. The third kappa shape index (κ3) is 3.76. The van der Waals surface area contributed by atoms with E-state index in [0.29, 0.717) is 35.3 Å². The van der Waals surface area contributed by atoms with Crippen LogP contribution in [0.5, 0.6) is 11.5 Å². The molecule has 1 atom stereocenters. The third-order valence-electron chi connectivity index (χ3n) is 3.32. The van der Waals surface area contributed by atoms with Gasteiger partial charge in [0, 0.05) is 16.6 Å². The fraction of sp³-hybridized carbons (Fsp3) is 0.235. The number of ether oxygens (including phenoxy) is 2. The summed E-state index contributed by atoms with van der Waals surface area (Å²) in [5.74, 6) is 0.762. The molecule has 4 nitrogen and oxygen atoms in total.